The summed E-state index contributed by atoms with van der Waals surface area (Å²) in [7, 11) is 0. The molecule has 4 N–H and O–H groups in total. The number of benzene rings is 2. The standard InChI is InChI=1S/C28H32N4O4/c1-4-20-14-29-28(30-20)26-25(18-5-6-19-15-32(9-10-33)8-7-17(19)11-18)27(36-31-26)22-12-21(16(2)3)23(34)13-24(22)35/h5-6,11-14,16,33-35H,4,7-10,15H2,1-3H3,(H,29,30). The zero-order valence-electron chi connectivity index (χ0n) is 20.9. The van der Waals surface area contributed by atoms with Crippen LogP contribution >= 0.6 is 0 Å². The van der Waals surface area contributed by atoms with Gasteiger partial charge in [-0.15, -0.1) is 0 Å². The van der Waals surface area contributed by atoms with E-state index >= 15 is 0 Å². The van der Waals surface area contributed by atoms with Crippen molar-refractivity contribution in [3.63, 3.8) is 0 Å². The minimum Gasteiger partial charge on any atom is -0.508 e. The van der Waals surface area contributed by atoms with Crippen molar-refractivity contribution < 1.29 is 19.8 Å². The van der Waals surface area contributed by atoms with Crippen molar-refractivity contribution in [1.29, 1.82) is 0 Å². The first-order valence-corrected chi connectivity index (χ1v) is 12.4. The van der Waals surface area contributed by atoms with Gasteiger partial charge in [-0.1, -0.05) is 44.1 Å². The van der Waals surface area contributed by atoms with E-state index in [0.29, 0.717) is 35.0 Å². The van der Waals surface area contributed by atoms with E-state index in [9.17, 15) is 15.3 Å². The molecule has 2 aromatic heterocycles. The Labute approximate surface area is 210 Å². The maximum atomic E-state index is 10.8. The molecule has 0 fully saturated rings. The number of nitrogens with zero attached hydrogens (tertiary/aromatic N) is 3. The summed E-state index contributed by atoms with van der Waals surface area (Å²) < 4.78 is 5.89. The number of phenols is 2. The molecule has 0 saturated heterocycles. The van der Waals surface area contributed by atoms with Crippen LogP contribution in [0, 0.1) is 0 Å². The van der Waals surface area contributed by atoms with E-state index in [-0.39, 0.29) is 24.0 Å². The number of aromatic nitrogens is 3. The summed E-state index contributed by atoms with van der Waals surface area (Å²) in [4.78, 5) is 10.1. The van der Waals surface area contributed by atoms with E-state index in [1.54, 1.807) is 12.3 Å². The minimum atomic E-state index is -0.0767. The Hall–Kier alpha value is -3.62. The zero-order chi connectivity index (χ0) is 25.4. The molecule has 0 bridgehead atoms. The van der Waals surface area contributed by atoms with Gasteiger partial charge >= 0.3 is 0 Å². The highest BCUT2D eigenvalue weighted by Crippen LogP contribution is 2.45. The highest BCUT2D eigenvalue weighted by Gasteiger charge is 2.27. The molecule has 0 atom stereocenters. The first-order chi connectivity index (χ1) is 17.4. The van der Waals surface area contributed by atoms with Crippen LogP contribution in [0.4, 0.5) is 0 Å². The molecule has 1 aliphatic rings. The van der Waals surface area contributed by atoms with Gasteiger partial charge in [-0.05, 0) is 47.1 Å². The minimum absolute atomic E-state index is 0.0485. The molecule has 188 valence electrons. The number of rotatable bonds is 7. The third-order valence-electron chi connectivity index (χ3n) is 6.94. The van der Waals surface area contributed by atoms with Crippen LogP contribution in [-0.2, 0) is 19.4 Å². The fraction of sp³-hybridized carbons (Fsp3) is 0.357. The van der Waals surface area contributed by atoms with Crippen LogP contribution in [0.1, 0.15) is 49.1 Å². The molecule has 0 unspecified atom stereocenters. The lowest BCUT2D eigenvalue weighted by molar-refractivity contribution is 0.184. The topological polar surface area (TPSA) is 119 Å². The van der Waals surface area contributed by atoms with Crippen LogP contribution in [-0.4, -0.2) is 55.0 Å². The first kappa shape index (κ1) is 24.1. The number of aliphatic hydroxyl groups is 1. The number of nitrogens with one attached hydrogen (secondary N) is 1. The summed E-state index contributed by atoms with van der Waals surface area (Å²) in [6.45, 7) is 8.53. The third-order valence-corrected chi connectivity index (χ3v) is 6.94. The van der Waals surface area contributed by atoms with Gasteiger partial charge < -0.3 is 24.8 Å². The van der Waals surface area contributed by atoms with Crippen LogP contribution in [0.2, 0.25) is 0 Å². The predicted octanol–water partition coefficient (Wildman–Crippen LogP) is 4.85. The van der Waals surface area contributed by atoms with Gasteiger partial charge in [0.2, 0.25) is 0 Å². The van der Waals surface area contributed by atoms with Crippen molar-refractivity contribution in [3.05, 3.63) is 58.9 Å². The number of hydrogen-bond donors (Lipinski definition) is 4. The number of aromatic hydroxyl groups is 2. The normalized spacial score (nSPS) is 13.9. The Kier molecular flexibility index (Phi) is 6.55. The van der Waals surface area contributed by atoms with Gasteiger partial charge in [-0.2, -0.15) is 0 Å². The summed E-state index contributed by atoms with van der Waals surface area (Å²) in [6.07, 6.45) is 3.49. The Morgan fingerprint density at radius 3 is 2.67 bits per heavy atom. The second-order valence-corrected chi connectivity index (χ2v) is 9.66. The van der Waals surface area contributed by atoms with E-state index in [2.05, 4.69) is 39.1 Å². The van der Waals surface area contributed by atoms with Crippen molar-refractivity contribution in [2.75, 3.05) is 19.7 Å². The number of hydrogen-bond acceptors (Lipinski definition) is 7. The molecule has 0 spiro atoms. The van der Waals surface area contributed by atoms with Gasteiger partial charge in [0.05, 0.1) is 17.7 Å². The van der Waals surface area contributed by atoms with Gasteiger partial charge in [0.15, 0.2) is 17.3 Å². The number of phenolic OH excluding ortho intramolecular Hbond substituents is 2. The van der Waals surface area contributed by atoms with Gasteiger partial charge in [-0.3, -0.25) is 4.90 Å². The molecular formula is C28H32N4O4. The Morgan fingerprint density at radius 1 is 1.11 bits per heavy atom. The van der Waals surface area contributed by atoms with Crippen molar-refractivity contribution in [2.24, 2.45) is 0 Å². The fourth-order valence-corrected chi connectivity index (χ4v) is 4.90. The van der Waals surface area contributed by atoms with Crippen molar-refractivity contribution >= 4 is 0 Å². The van der Waals surface area contributed by atoms with Crippen LogP contribution in [0.5, 0.6) is 11.5 Å². The highest BCUT2D eigenvalue weighted by molar-refractivity contribution is 5.91. The number of aromatic amines is 1. The molecule has 0 radical (unpaired) electrons. The lowest BCUT2D eigenvalue weighted by Crippen LogP contribution is -2.32. The van der Waals surface area contributed by atoms with Gasteiger partial charge in [0, 0.05) is 37.6 Å². The SMILES string of the molecule is CCc1cnc(-c2noc(-c3cc(C(C)C)c(O)cc3O)c2-c2ccc3c(c2)CCN(CCO)C3)[nH]1. The maximum Gasteiger partial charge on any atom is 0.179 e. The van der Waals surface area contributed by atoms with Crippen molar-refractivity contribution in [3.8, 4) is 45.5 Å². The van der Waals surface area contributed by atoms with Crippen molar-refractivity contribution in [2.45, 2.75) is 46.1 Å². The Balaban J connectivity index is 1.67. The second kappa shape index (κ2) is 9.79. The van der Waals surface area contributed by atoms with Crippen LogP contribution in [0.15, 0.2) is 41.1 Å². The molecule has 8 heteroatoms. The number of aryl methyl sites for hydroxylation is 1. The quantitative estimate of drug-likeness (QED) is 0.294. The maximum absolute atomic E-state index is 10.8. The molecule has 8 nitrogen and oxygen atoms in total. The molecule has 4 aromatic rings. The highest BCUT2D eigenvalue weighted by atomic mass is 16.5. The summed E-state index contributed by atoms with van der Waals surface area (Å²) in [5.74, 6) is 1.06. The molecule has 0 saturated carbocycles. The molecule has 0 amide bonds. The van der Waals surface area contributed by atoms with E-state index in [1.807, 2.05) is 19.9 Å². The smallest absolute Gasteiger partial charge is 0.179 e. The van der Waals surface area contributed by atoms with E-state index < -0.39 is 0 Å². The molecule has 1 aliphatic heterocycles. The average molecular weight is 489 g/mol. The predicted molar refractivity (Wildman–Crippen MR) is 138 cm³/mol. The van der Waals surface area contributed by atoms with Crippen LogP contribution < -0.4 is 0 Å². The van der Waals surface area contributed by atoms with Crippen molar-refractivity contribution in [1.82, 2.24) is 20.0 Å². The summed E-state index contributed by atoms with van der Waals surface area (Å²) in [6, 6.07) is 9.46. The van der Waals surface area contributed by atoms with Crippen LogP contribution in [0.25, 0.3) is 34.0 Å². The van der Waals surface area contributed by atoms with E-state index in [1.165, 1.54) is 17.2 Å². The van der Waals surface area contributed by atoms with E-state index in [4.69, 9.17) is 4.52 Å². The van der Waals surface area contributed by atoms with E-state index in [0.717, 1.165) is 42.8 Å². The monoisotopic (exact) mass is 488 g/mol. The third kappa shape index (κ3) is 4.38. The Morgan fingerprint density at radius 2 is 1.94 bits per heavy atom. The lowest BCUT2D eigenvalue weighted by Gasteiger charge is -2.28. The van der Waals surface area contributed by atoms with Gasteiger partial charge in [0.1, 0.15) is 11.5 Å². The molecule has 0 aliphatic carbocycles. The molecule has 2 aromatic carbocycles. The number of β-amino-alcohol motifs (C(OH)–C–C–N with tert-alkyl or cyclic N) is 1. The van der Waals surface area contributed by atoms with Gasteiger partial charge in [-0.25, -0.2) is 4.98 Å². The van der Waals surface area contributed by atoms with Gasteiger partial charge in [0.25, 0.3) is 0 Å². The molecule has 3 heterocycles. The van der Waals surface area contributed by atoms with Crippen LogP contribution in [0.3, 0.4) is 0 Å². The Bertz CT molecular complexity index is 1390. The zero-order valence-corrected chi connectivity index (χ0v) is 20.9. The fourth-order valence-electron chi connectivity index (χ4n) is 4.90. The number of imidazole rings is 1. The summed E-state index contributed by atoms with van der Waals surface area (Å²) in [5, 5.41) is 34.9. The lowest BCUT2D eigenvalue weighted by atomic mass is 9.91. The summed E-state index contributed by atoms with van der Waals surface area (Å²) >= 11 is 0. The molecule has 5 rings (SSSR count). The number of fused-ring (bicyclic) bond motifs is 1. The number of H-pyrrole nitrogens is 1. The molecule has 36 heavy (non-hydrogen) atoms. The number of aliphatic hydroxyl groups excluding tert-OH is 1. The summed E-state index contributed by atoms with van der Waals surface area (Å²) in [5.41, 5.74) is 6.88. The average Bonchev–Trinajstić information content (AvgIpc) is 3.51. The molecular weight excluding hydrogens is 456 g/mol. The first-order valence-electron chi connectivity index (χ1n) is 12.4. The second-order valence-electron chi connectivity index (χ2n) is 9.66. The largest absolute Gasteiger partial charge is 0.508 e.